The van der Waals surface area contributed by atoms with E-state index in [-0.39, 0.29) is 12.3 Å². The van der Waals surface area contributed by atoms with Crippen LogP contribution >= 0.6 is 15.9 Å². The number of hydrogen-bond donors (Lipinski definition) is 0. The highest BCUT2D eigenvalue weighted by molar-refractivity contribution is 9.10. The number of carbonyl (C=O) groups is 1. The minimum atomic E-state index is -0.561. The first-order valence-corrected chi connectivity index (χ1v) is 4.42. The quantitative estimate of drug-likeness (QED) is 0.753. The molecule has 0 aliphatic heterocycles. The van der Waals surface area contributed by atoms with Crippen LogP contribution in [0.2, 0.25) is 0 Å². The van der Waals surface area contributed by atoms with Gasteiger partial charge in [0.1, 0.15) is 5.82 Å². The Labute approximate surface area is 83.1 Å². The molecule has 0 aliphatic rings. The predicted molar refractivity (Wildman–Crippen MR) is 47.9 cm³/mol. The van der Waals surface area contributed by atoms with Gasteiger partial charge in [-0.05, 0) is 28.9 Å². The Bertz CT molecular complexity index is 330. The monoisotopic (exact) mass is 247 g/mol. The summed E-state index contributed by atoms with van der Waals surface area (Å²) in [6, 6.07) is 1.17. The molecular weight excluding hydrogens is 241 g/mol. The molecule has 0 radical (unpaired) electrons. The van der Waals surface area contributed by atoms with Crippen molar-refractivity contribution in [2.24, 2.45) is 0 Å². The lowest BCUT2D eigenvalue weighted by atomic mass is 10.3. The number of halogens is 2. The molecule has 0 fully saturated rings. The van der Waals surface area contributed by atoms with Gasteiger partial charge in [-0.2, -0.15) is 0 Å². The van der Waals surface area contributed by atoms with Crippen molar-refractivity contribution >= 4 is 21.9 Å². The molecule has 0 unspecified atom stereocenters. The Kier molecular flexibility index (Phi) is 3.36. The van der Waals surface area contributed by atoms with Gasteiger partial charge < -0.3 is 4.74 Å². The molecule has 0 aromatic carbocycles. The topological polar surface area (TPSA) is 39.2 Å². The minimum Gasteiger partial charge on any atom is -0.461 e. The van der Waals surface area contributed by atoms with Crippen molar-refractivity contribution in [3.8, 4) is 0 Å². The normalized spacial score (nSPS) is 9.77. The predicted octanol–water partition coefficient (Wildman–Crippen LogP) is 2.16. The largest absolute Gasteiger partial charge is 0.461 e. The van der Waals surface area contributed by atoms with Crippen molar-refractivity contribution < 1.29 is 13.9 Å². The molecule has 0 atom stereocenters. The molecule has 13 heavy (non-hydrogen) atoms. The molecule has 1 rings (SSSR count). The third-order valence-corrected chi connectivity index (χ3v) is 1.88. The van der Waals surface area contributed by atoms with Crippen LogP contribution in [0.4, 0.5) is 4.39 Å². The van der Waals surface area contributed by atoms with E-state index >= 15 is 0 Å². The average Bonchev–Trinajstić information content (AvgIpc) is 2.04. The van der Waals surface area contributed by atoms with E-state index in [1.54, 1.807) is 6.92 Å². The zero-order valence-corrected chi connectivity index (χ0v) is 8.47. The Hall–Kier alpha value is -0.970. The Balaban J connectivity index is 2.95. The third kappa shape index (κ3) is 2.48. The molecule has 0 spiro atoms. The number of hydrogen-bond acceptors (Lipinski definition) is 3. The second-order valence-electron chi connectivity index (χ2n) is 2.20. The smallest absolute Gasteiger partial charge is 0.358 e. The molecule has 0 saturated carbocycles. The molecule has 1 heterocycles. The van der Waals surface area contributed by atoms with E-state index in [9.17, 15) is 9.18 Å². The van der Waals surface area contributed by atoms with E-state index in [1.165, 1.54) is 6.07 Å². The van der Waals surface area contributed by atoms with Crippen molar-refractivity contribution in [3.05, 3.63) is 28.2 Å². The van der Waals surface area contributed by atoms with E-state index in [0.717, 1.165) is 6.20 Å². The van der Waals surface area contributed by atoms with Crippen molar-refractivity contribution in [2.75, 3.05) is 6.61 Å². The lowest BCUT2D eigenvalue weighted by Gasteiger charge is -2.02. The van der Waals surface area contributed by atoms with Crippen LogP contribution in [0, 0.1) is 5.82 Å². The Morgan fingerprint density at radius 2 is 2.46 bits per heavy atom. The van der Waals surface area contributed by atoms with Crippen LogP contribution in [0.3, 0.4) is 0 Å². The molecule has 5 heteroatoms. The van der Waals surface area contributed by atoms with Crippen LogP contribution in [-0.4, -0.2) is 17.6 Å². The lowest BCUT2D eigenvalue weighted by Crippen LogP contribution is -2.08. The van der Waals surface area contributed by atoms with Gasteiger partial charge in [-0.3, -0.25) is 0 Å². The van der Waals surface area contributed by atoms with Gasteiger partial charge in [0.05, 0.1) is 17.3 Å². The molecule has 3 nitrogen and oxygen atoms in total. The molecular formula is C8H7BrFNO2. The summed E-state index contributed by atoms with van der Waals surface area (Å²) in [7, 11) is 0. The summed E-state index contributed by atoms with van der Waals surface area (Å²) in [6.07, 6.45) is 0.969. The van der Waals surface area contributed by atoms with Gasteiger partial charge in [-0.15, -0.1) is 0 Å². The maximum atomic E-state index is 12.6. The number of esters is 1. The van der Waals surface area contributed by atoms with Gasteiger partial charge in [0.2, 0.25) is 0 Å². The van der Waals surface area contributed by atoms with Crippen LogP contribution in [0.1, 0.15) is 17.4 Å². The fraction of sp³-hybridized carbons (Fsp3) is 0.250. The maximum Gasteiger partial charge on any atom is 0.358 e. The summed E-state index contributed by atoms with van der Waals surface area (Å²) in [6.45, 7) is 1.96. The van der Waals surface area contributed by atoms with Crippen molar-refractivity contribution in [1.29, 1.82) is 0 Å². The van der Waals surface area contributed by atoms with E-state index in [2.05, 4.69) is 20.9 Å². The number of pyridine rings is 1. The summed E-state index contributed by atoms with van der Waals surface area (Å²) in [5, 5.41) is 0. The standard InChI is InChI=1S/C8H7BrFNO2/c1-2-13-8(12)7-6(9)3-5(10)4-11-7/h3-4H,2H2,1H3. The van der Waals surface area contributed by atoms with E-state index < -0.39 is 11.8 Å². The molecule has 70 valence electrons. The van der Waals surface area contributed by atoms with Crippen LogP contribution in [0.15, 0.2) is 16.7 Å². The van der Waals surface area contributed by atoms with Gasteiger partial charge >= 0.3 is 5.97 Å². The Morgan fingerprint density at radius 3 is 3.00 bits per heavy atom. The number of aromatic nitrogens is 1. The van der Waals surface area contributed by atoms with Crippen LogP contribution in [0.25, 0.3) is 0 Å². The molecule has 0 bridgehead atoms. The number of nitrogens with zero attached hydrogens (tertiary/aromatic N) is 1. The zero-order chi connectivity index (χ0) is 9.84. The molecule has 0 saturated heterocycles. The first kappa shape index (κ1) is 10.1. The number of rotatable bonds is 2. The molecule has 1 aromatic heterocycles. The fourth-order valence-corrected chi connectivity index (χ4v) is 1.25. The third-order valence-electron chi connectivity index (χ3n) is 1.28. The SMILES string of the molecule is CCOC(=O)c1ncc(F)cc1Br. The summed E-state index contributed by atoms with van der Waals surface area (Å²) in [4.78, 5) is 14.7. The first-order chi connectivity index (χ1) is 6.15. The minimum absolute atomic E-state index is 0.0863. The number of ether oxygens (including phenoxy) is 1. The molecule has 1 aromatic rings. The second kappa shape index (κ2) is 4.32. The first-order valence-electron chi connectivity index (χ1n) is 3.63. The highest BCUT2D eigenvalue weighted by atomic mass is 79.9. The van der Waals surface area contributed by atoms with Crippen molar-refractivity contribution in [2.45, 2.75) is 6.92 Å². The van der Waals surface area contributed by atoms with E-state index in [0.29, 0.717) is 4.47 Å². The highest BCUT2D eigenvalue weighted by Gasteiger charge is 2.12. The van der Waals surface area contributed by atoms with Crippen LogP contribution in [-0.2, 0) is 4.74 Å². The van der Waals surface area contributed by atoms with Crippen molar-refractivity contribution in [3.63, 3.8) is 0 Å². The van der Waals surface area contributed by atoms with Gasteiger partial charge in [0.25, 0.3) is 0 Å². The second-order valence-corrected chi connectivity index (χ2v) is 3.06. The van der Waals surface area contributed by atoms with Gasteiger partial charge in [0, 0.05) is 0 Å². The summed E-state index contributed by atoms with van der Waals surface area (Å²) >= 11 is 3.01. The van der Waals surface area contributed by atoms with Gasteiger partial charge in [-0.1, -0.05) is 0 Å². The Morgan fingerprint density at radius 1 is 1.77 bits per heavy atom. The van der Waals surface area contributed by atoms with Crippen LogP contribution in [0.5, 0.6) is 0 Å². The van der Waals surface area contributed by atoms with Crippen LogP contribution < -0.4 is 0 Å². The van der Waals surface area contributed by atoms with Gasteiger partial charge in [-0.25, -0.2) is 14.2 Å². The van der Waals surface area contributed by atoms with Crippen molar-refractivity contribution in [1.82, 2.24) is 4.98 Å². The summed E-state index contributed by atoms with van der Waals surface area (Å²) < 4.78 is 17.5. The molecule has 0 aliphatic carbocycles. The van der Waals surface area contributed by atoms with E-state index in [1.807, 2.05) is 0 Å². The maximum absolute atomic E-state index is 12.6. The average molecular weight is 248 g/mol. The summed E-state index contributed by atoms with van der Waals surface area (Å²) in [5.41, 5.74) is 0.0863. The number of carbonyl (C=O) groups excluding carboxylic acids is 1. The molecule has 0 amide bonds. The highest BCUT2D eigenvalue weighted by Crippen LogP contribution is 2.16. The van der Waals surface area contributed by atoms with Gasteiger partial charge in [0.15, 0.2) is 5.69 Å². The lowest BCUT2D eigenvalue weighted by molar-refractivity contribution is 0.0518. The molecule has 0 N–H and O–H groups in total. The zero-order valence-electron chi connectivity index (χ0n) is 6.88. The van der Waals surface area contributed by atoms with E-state index in [4.69, 9.17) is 4.74 Å². The fourth-order valence-electron chi connectivity index (χ4n) is 0.764. The summed E-state index contributed by atoms with van der Waals surface area (Å²) in [5.74, 6) is -1.06.